The number of hydrogen-bond donors (Lipinski definition) is 0. The smallest absolute Gasteiger partial charge is 0.216 e. The summed E-state index contributed by atoms with van der Waals surface area (Å²) in [6, 6.07) is 13.9. The van der Waals surface area contributed by atoms with Crippen molar-refractivity contribution in [2.45, 2.75) is 12.8 Å². The van der Waals surface area contributed by atoms with E-state index >= 15 is 0 Å². The standard InChI is InChI=1S/C17H15FN2O2/c1-12-10-13-6-4-5-9-19(13)17(12)15(11-20(21)22)14-7-2-3-8-16(14)18/h2-10,15H,11H2,1H3/t15-/m1/s1. The highest BCUT2D eigenvalue weighted by molar-refractivity contribution is 5.55. The maximum Gasteiger partial charge on any atom is 0.216 e. The molecule has 0 saturated heterocycles. The van der Waals surface area contributed by atoms with Crippen LogP contribution in [0.3, 0.4) is 0 Å². The van der Waals surface area contributed by atoms with Crippen molar-refractivity contribution in [3.05, 3.63) is 87.5 Å². The number of aromatic nitrogens is 1. The fourth-order valence-corrected chi connectivity index (χ4v) is 2.96. The first kappa shape index (κ1) is 14.3. The first-order valence-corrected chi connectivity index (χ1v) is 7.00. The lowest BCUT2D eigenvalue weighted by Gasteiger charge is -2.16. The third-order valence-corrected chi connectivity index (χ3v) is 3.86. The zero-order chi connectivity index (χ0) is 15.7. The molecule has 0 aliphatic heterocycles. The first-order chi connectivity index (χ1) is 10.6. The van der Waals surface area contributed by atoms with Crippen molar-refractivity contribution >= 4 is 5.52 Å². The fraction of sp³-hybridized carbons (Fsp3) is 0.176. The highest BCUT2D eigenvalue weighted by atomic mass is 19.1. The molecule has 5 heteroatoms. The van der Waals surface area contributed by atoms with Gasteiger partial charge >= 0.3 is 0 Å². The zero-order valence-electron chi connectivity index (χ0n) is 12.1. The average molecular weight is 298 g/mol. The molecule has 2 aromatic heterocycles. The summed E-state index contributed by atoms with van der Waals surface area (Å²) in [7, 11) is 0. The van der Waals surface area contributed by atoms with Gasteiger partial charge in [0.15, 0.2) is 0 Å². The van der Waals surface area contributed by atoms with Crippen LogP contribution in [0.15, 0.2) is 54.7 Å². The third kappa shape index (κ3) is 2.45. The van der Waals surface area contributed by atoms with Crippen molar-refractivity contribution in [1.29, 1.82) is 0 Å². The molecule has 4 nitrogen and oxygen atoms in total. The van der Waals surface area contributed by atoms with Gasteiger partial charge in [-0.3, -0.25) is 10.1 Å². The summed E-state index contributed by atoms with van der Waals surface area (Å²) in [5.41, 5.74) is 2.98. The van der Waals surface area contributed by atoms with Crippen molar-refractivity contribution in [3.63, 3.8) is 0 Å². The number of nitrogens with zero attached hydrogens (tertiary/aromatic N) is 2. The second kappa shape index (κ2) is 5.60. The van der Waals surface area contributed by atoms with Gasteiger partial charge in [-0.25, -0.2) is 4.39 Å². The summed E-state index contributed by atoms with van der Waals surface area (Å²) in [5, 5.41) is 11.1. The Bertz CT molecular complexity index is 842. The molecule has 0 fully saturated rings. The molecule has 1 atom stereocenters. The Hall–Kier alpha value is -2.69. The highest BCUT2D eigenvalue weighted by Crippen LogP contribution is 2.31. The number of hydrogen-bond acceptors (Lipinski definition) is 2. The van der Waals surface area contributed by atoms with Crippen LogP contribution in [-0.2, 0) is 0 Å². The van der Waals surface area contributed by atoms with E-state index in [1.54, 1.807) is 18.2 Å². The van der Waals surface area contributed by atoms with Gasteiger partial charge in [-0.15, -0.1) is 0 Å². The second-order valence-corrected chi connectivity index (χ2v) is 5.30. The van der Waals surface area contributed by atoms with Gasteiger partial charge < -0.3 is 4.40 Å². The van der Waals surface area contributed by atoms with E-state index in [1.807, 2.05) is 41.8 Å². The van der Waals surface area contributed by atoms with E-state index in [0.29, 0.717) is 5.56 Å². The van der Waals surface area contributed by atoms with Gasteiger partial charge in [0.25, 0.3) is 0 Å². The number of pyridine rings is 1. The van der Waals surface area contributed by atoms with E-state index in [9.17, 15) is 14.5 Å². The molecule has 2 heterocycles. The topological polar surface area (TPSA) is 47.5 Å². The van der Waals surface area contributed by atoms with Crippen LogP contribution >= 0.6 is 0 Å². The molecule has 0 bridgehead atoms. The van der Waals surface area contributed by atoms with Gasteiger partial charge in [-0.2, -0.15) is 0 Å². The number of rotatable bonds is 4. The summed E-state index contributed by atoms with van der Waals surface area (Å²) in [5.74, 6) is -1.04. The zero-order valence-corrected chi connectivity index (χ0v) is 12.1. The number of halogens is 1. The molecule has 0 aliphatic rings. The molecule has 0 aliphatic carbocycles. The van der Waals surface area contributed by atoms with Gasteiger partial charge in [0.2, 0.25) is 6.54 Å². The molecule has 0 N–H and O–H groups in total. The lowest BCUT2D eigenvalue weighted by Crippen LogP contribution is -2.17. The van der Waals surface area contributed by atoms with Gasteiger partial charge in [0.1, 0.15) is 5.82 Å². The molecular weight excluding hydrogens is 283 g/mol. The largest absolute Gasteiger partial charge is 0.320 e. The molecule has 0 amide bonds. The Morgan fingerprint density at radius 1 is 1.23 bits per heavy atom. The maximum atomic E-state index is 14.2. The van der Waals surface area contributed by atoms with Crippen LogP contribution in [0.4, 0.5) is 4.39 Å². The fourth-order valence-electron chi connectivity index (χ4n) is 2.96. The van der Waals surface area contributed by atoms with E-state index in [4.69, 9.17) is 0 Å². The Kier molecular flexibility index (Phi) is 3.63. The average Bonchev–Trinajstić information content (AvgIpc) is 2.81. The molecule has 0 spiro atoms. The molecule has 0 radical (unpaired) electrons. The summed E-state index contributed by atoms with van der Waals surface area (Å²) >= 11 is 0. The van der Waals surface area contributed by atoms with Crippen LogP contribution in [0.1, 0.15) is 22.7 Å². The van der Waals surface area contributed by atoms with Gasteiger partial charge in [0.05, 0.1) is 5.92 Å². The van der Waals surface area contributed by atoms with E-state index in [0.717, 1.165) is 16.8 Å². The molecule has 22 heavy (non-hydrogen) atoms. The third-order valence-electron chi connectivity index (χ3n) is 3.86. The van der Waals surface area contributed by atoms with Gasteiger partial charge in [-0.1, -0.05) is 24.3 Å². The van der Waals surface area contributed by atoms with Crippen molar-refractivity contribution in [2.75, 3.05) is 6.54 Å². The minimum Gasteiger partial charge on any atom is -0.320 e. The summed E-state index contributed by atoms with van der Waals surface area (Å²) in [6.45, 7) is 1.55. The van der Waals surface area contributed by atoms with Crippen molar-refractivity contribution in [2.24, 2.45) is 0 Å². The molecular formula is C17H15FN2O2. The van der Waals surface area contributed by atoms with E-state index in [-0.39, 0.29) is 6.54 Å². The first-order valence-electron chi connectivity index (χ1n) is 7.00. The Morgan fingerprint density at radius 3 is 2.68 bits per heavy atom. The normalized spacial score (nSPS) is 12.5. The summed E-state index contributed by atoms with van der Waals surface area (Å²) in [4.78, 5) is 10.7. The van der Waals surface area contributed by atoms with E-state index < -0.39 is 16.7 Å². The molecule has 112 valence electrons. The van der Waals surface area contributed by atoms with Crippen LogP contribution in [-0.4, -0.2) is 15.9 Å². The van der Waals surface area contributed by atoms with Crippen molar-refractivity contribution in [1.82, 2.24) is 4.40 Å². The Balaban J connectivity index is 2.23. The van der Waals surface area contributed by atoms with Crippen LogP contribution in [0.5, 0.6) is 0 Å². The predicted octanol–water partition coefficient (Wildman–Crippen LogP) is 3.80. The number of fused-ring (bicyclic) bond motifs is 1. The molecule has 3 rings (SSSR count). The lowest BCUT2D eigenvalue weighted by molar-refractivity contribution is -0.482. The molecule has 0 saturated carbocycles. The quantitative estimate of drug-likeness (QED) is 0.543. The SMILES string of the molecule is Cc1cc2ccccn2c1[C@H](C[N+](=O)[O-])c1ccccc1F. The summed E-state index contributed by atoms with van der Waals surface area (Å²) in [6.07, 6.45) is 1.85. The van der Waals surface area contributed by atoms with Gasteiger partial charge in [-0.05, 0) is 36.8 Å². The summed E-state index contributed by atoms with van der Waals surface area (Å²) < 4.78 is 16.1. The molecule has 0 unspecified atom stereocenters. The maximum absolute atomic E-state index is 14.2. The Labute approximate surface area is 127 Å². The van der Waals surface area contributed by atoms with Crippen LogP contribution in [0.25, 0.3) is 5.52 Å². The molecule has 3 aromatic rings. The van der Waals surface area contributed by atoms with Crippen LogP contribution in [0, 0.1) is 22.9 Å². The Morgan fingerprint density at radius 2 is 1.95 bits per heavy atom. The van der Waals surface area contributed by atoms with Crippen molar-refractivity contribution in [3.8, 4) is 0 Å². The second-order valence-electron chi connectivity index (χ2n) is 5.30. The predicted molar refractivity (Wildman–Crippen MR) is 82.2 cm³/mol. The minimum atomic E-state index is -0.624. The number of benzene rings is 1. The van der Waals surface area contributed by atoms with Crippen LogP contribution in [0.2, 0.25) is 0 Å². The number of nitro groups is 1. The lowest BCUT2D eigenvalue weighted by atomic mass is 9.93. The monoisotopic (exact) mass is 298 g/mol. The van der Waals surface area contributed by atoms with Crippen molar-refractivity contribution < 1.29 is 9.31 Å². The highest BCUT2D eigenvalue weighted by Gasteiger charge is 2.27. The van der Waals surface area contributed by atoms with E-state index in [1.165, 1.54) is 6.07 Å². The molecule has 1 aromatic carbocycles. The van der Waals surface area contributed by atoms with E-state index in [2.05, 4.69) is 0 Å². The minimum absolute atomic E-state index is 0.344. The van der Waals surface area contributed by atoms with Gasteiger partial charge in [0, 0.05) is 27.9 Å². The van der Waals surface area contributed by atoms with Crippen LogP contribution < -0.4 is 0 Å². The number of aryl methyl sites for hydroxylation is 1.